The summed E-state index contributed by atoms with van der Waals surface area (Å²) in [5.74, 6) is 1.05. The summed E-state index contributed by atoms with van der Waals surface area (Å²) in [5.41, 5.74) is 6.38. The normalized spacial score (nSPS) is 11.4. The average Bonchev–Trinajstić information content (AvgIpc) is 2.90. The molecule has 2 heterocycles. The van der Waals surface area contributed by atoms with Crippen molar-refractivity contribution in [3.05, 3.63) is 47.3 Å². The summed E-state index contributed by atoms with van der Waals surface area (Å²) in [6, 6.07) is 10.4. The van der Waals surface area contributed by atoms with Gasteiger partial charge in [-0.3, -0.25) is 0 Å². The zero-order chi connectivity index (χ0) is 18.0. The van der Waals surface area contributed by atoms with Gasteiger partial charge in [-0.1, -0.05) is 30.3 Å². The molecule has 1 N–H and O–H groups in total. The van der Waals surface area contributed by atoms with E-state index >= 15 is 0 Å². The van der Waals surface area contributed by atoms with E-state index in [0.717, 1.165) is 59.1 Å². The third-order valence-corrected chi connectivity index (χ3v) is 4.56. The molecule has 3 aromatic rings. The molecule has 0 aliphatic rings. The van der Waals surface area contributed by atoms with E-state index < -0.39 is 0 Å². The second kappa shape index (κ2) is 7.23. The van der Waals surface area contributed by atoms with Gasteiger partial charge >= 0.3 is 0 Å². The maximum atomic E-state index is 4.84. The summed E-state index contributed by atoms with van der Waals surface area (Å²) >= 11 is 0. The van der Waals surface area contributed by atoms with Gasteiger partial charge in [-0.25, -0.2) is 4.98 Å². The fraction of sp³-hybridized carbons (Fsp3) is 0.400. The Hall–Kier alpha value is -2.40. The molecule has 3 rings (SSSR count). The number of nitrogens with zero attached hydrogens (tertiary/aromatic N) is 4. The van der Waals surface area contributed by atoms with Crippen molar-refractivity contribution in [2.24, 2.45) is 0 Å². The van der Waals surface area contributed by atoms with Gasteiger partial charge in [0.1, 0.15) is 5.82 Å². The van der Waals surface area contributed by atoms with Crippen LogP contribution in [-0.4, -0.2) is 46.7 Å². The molecule has 5 heteroatoms. The molecule has 0 spiro atoms. The van der Waals surface area contributed by atoms with Gasteiger partial charge in [0.05, 0.1) is 5.69 Å². The average molecular weight is 337 g/mol. The predicted molar refractivity (Wildman–Crippen MR) is 104 cm³/mol. The van der Waals surface area contributed by atoms with Crippen LogP contribution in [0.3, 0.4) is 0 Å². The highest BCUT2D eigenvalue weighted by atomic mass is 15.3. The van der Waals surface area contributed by atoms with E-state index in [1.807, 2.05) is 10.6 Å². The van der Waals surface area contributed by atoms with Crippen LogP contribution in [-0.2, 0) is 0 Å². The summed E-state index contributed by atoms with van der Waals surface area (Å²) < 4.78 is 1.97. The number of hydrogen-bond acceptors (Lipinski definition) is 4. The van der Waals surface area contributed by atoms with Gasteiger partial charge < -0.3 is 10.2 Å². The van der Waals surface area contributed by atoms with Gasteiger partial charge in [0, 0.05) is 23.4 Å². The van der Waals surface area contributed by atoms with Gasteiger partial charge in [-0.15, -0.1) is 0 Å². The molecule has 0 amide bonds. The number of nitrogens with one attached hydrogen (secondary N) is 1. The molecule has 25 heavy (non-hydrogen) atoms. The van der Waals surface area contributed by atoms with Crippen LogP contribution in [0.5, 0.6) is 0 Å². The van der Waals surface area contributed by atoms with Gasteiger partial charge in [0.2, 0.25) is 0 Å². The number of benzene rings is 1. The van der Waals surface area contributed by atoms with Crippen LogP contribution in [0.25, 0.3) is 16.8 Å². The fourth-order valence-corrected chi connectivity index (χ4v) is 3.10. The minimum atomic E-state index is 0.914. The van der Waals surface area contributed by atoms with Crippen molar-refractivity contribution >= 4 is 11.5 Å². The molecule has 0 saturated carbocycles. The first-order valence-electron chi connectivity index (χ1n) is 8.79. The Balaban J connectivity index is 2.04. The number of hydrogen-bond donors (Lipinski definition) is 1. The second-order valence-electron chi connectivity index (χ2n) is 6.82. The van der Waals surface area contributed by atoms with Crippen LogP contribution in [0.1, 0.15) is 23.4 Å². The van der Waals surface area contributed by atoms with E-state index in [2.05, 4.69) is 69.3 Å². The van der Waals surface area contributed by atoms with Crippen LogP contribution in [0, 0.1) is 20.8 Å². The number of aromatic nitrogens is 3. The van der Waals surface area contributed by atoms with E-state index in [1.165, 1.54) is 0 Å². The molecule has 0 radical (unpaired) electrons. The monoisotopic (exact) mass is 337 g/mol. The highest BCUT2D eigenvalue weighted by molar-refractivity contribution is 5.81. The van der Waals surface area contributed by atoms with Gasteiger partial charge in [-0.05, 0) is 53.4 Å². The highest BCUT2D eigenvalue weighted by Gasteiger charge is 2.17. The van der Waals surface area contributed by atoms with Crippen LogP contribution in [0.4, 0.5) is 5.82 Å². The molecule has 0 atom stereocenters. The van der Waals surface area contributed by atoms with E-state index in [-0.39, 0.29) is 0 Å². The quantitative estimate of drug-likeness (QED) is 0.697. The standard InChI is InChI=1S/C20H27N5/c1-14-15(2)22-20-18(17-10-7-6-8-11-17)16(3)23-25(20)19(14)21-12-9-13-24(4)5/h6-8,10-11,21H,9,12-13H2,1-5H3. The van der Waals surface area contributed by atoms with Crippen molar-refractivity contribution in [1.29, 1.82) is 0 Å². The Bertz CT molecular complexity index is 865. The van der Waals surface area contributed by atoms with Crippen LogP contribution in [0.15, 0.2) is 30.3 Å². The molecule has 132 valence electrons. The number of fused-ring (bicyclic) bond motifs is 1. The van der Waals surface area contributed by atoms with E-state index in [9.17, 15) is 0 Å². The first-order chi connectivity index (χ1) is 12.0. The molecule has 1 aromatic carbocycles. The summed E-state index contributed by atoms with van der Waals surface area (Å²) in [6.07, 6.45) is 1.08. The first kappa shape index (κ1) is 17.4. The summed E-state index contributed by atoms with van der Waals surface area (Å²) in [6.45, 7) is 8.20. The Labute approximate surface area is 149 Å². The molecule has 2 aromatic heterocycles. The molecule has 0 bridgehead atoms. The van der Waals surface area contributed by atoms with Crippen LogP contribution in [0.2, 0.25) is 0 Å². The third kappa shape index (κ3) is 3.51. The van der Waals surface area contributed by atoms with Crippen molar-refractivity contribution in [3.8, 4) is 11.1 Å². The third-order valence-electron chi connectivity index (χ3n) is 4.56. The Morgan fingerprint density at radius 2 is 1.76 bits per heavy atom. The molecule has 0 unspecified atom stereocenters. The molecule has 0 fully saturated rings. The zero-order valence-corrected chi connectivity index (χ0v) is 15.8. The molecule has 5 nitrogen and oxygen atoms in total. The lowest BCUT2D eigenvalue weighted by atomic mass is 10.1. The smallest absolute Gasteiger partial charge is 0.165 e. The second-order valence-corrected chi connectivity index (χ2v) is 6.82. The SMILES string of the molecule is Cc1nc2c(-c3ccccc3)c(C)nn2c(NCCCN(C)C)c1C. The van der Waals surface area contributed by atoms with Crippen molar-refractivity contribution < 1.29 is 0 Å². The van der Waals surface area contributed by atoms with Crippen molar-refractivity contribution in [3.63, 3.8) is 0 Å². The molecule has 0 saturated heterocycles. The molecule has 0 aliphatic carbocycles. The summed E-state index contributed by atoms with van der Waals surface area (Å²) in [4.78, 5) is 7.04. The zero-order valence-electron chi connectivity index (χ0n) is 15.8. The molecule has 0 aliphatic heterocycles. The fourth-order valence-electron chi connectivity index (χ4n) is 3.10. The predicted octanol–water partition coefficient (Wildman–Crippen LogP) is 3.69. The number of aryl methyl sites for hydroxylation is 2. The summed E-state index contributed by atoms with van der Waals surface area (Å²) in [5, 5.41) is 8.36. The lowest BCUT2D eigenvalue weighted by Gasteiger charge is -2.15. The molecular formula is C20H27N5. The largest absolute Gasteiger partial charge is 0.370 e. The van der Waals surface area contributed by atoms with E-state index in [0.29, 0.717) is 0 Å². The maximum absolute atomic E-state index is 4.84. The topological polar surface area (TPSA) is 45.5 Å². The van der Waals surface area contributed by atoms with Gasteiger partial charge in [0.25, 0.3) is 0 Å². The lowest BCUT2D eigenvalue weighted by Crippen LogP contribution is -2.18. The first-order valence-corrected chi connectivity index (χ1v) is 8.79. The minimum Gasteiger partial charge on any atom is -0.370 e. The Morgan fingerprint density at radius 3 is 2.44 bits per heavy atom. The minimum absolute atomic E-state index is 0.914. The van der Waals surface area contributed by atoms with Crippen molar-refractivity contribution in [1.82, 2.24) is 19.5 Å². The van der Waals surface area contributed by atoms with E-state index in [4.69, 9.17) is 10.1 Å². The van der Waals surface area contributed by atoms with Crippen LogP contribution < -0.4 is 5.32 Å². The van der Waals surface area contributed by atoms with Gasteiger partial charge in [-0.2, -0.15) is 9.61 Å². The Morgan fingerprint density at radius 1 is 1.04 bits per heavy atom. The summed E-state index contributed by atoms with van der Waals surface area (Å²) in [7, 11) is 4.20. The maximum Gasteiger partial charge on any atom is 0.165 e. The van der Waals surface area contributed by atoms with Crippen molar-refractivity contribution in [2.45, 2.75) is 27.2 Å². The Kier molecular flexibility index (Phi) is 5.04. The lowest BCUT2D eigenvalue weighted by molar-refractivity contribution is 0.405. The van der Waals surface area contributed by atoms with Crippen LogP contribution >= 0.6 is 0 Å². The molecular weight excluding hydrogens is 310 g/mol. The van der Waals surface area contributed by atoms with Gasteiger partial charge in [0.15, 0.2) is 5.65 Å². The number of anilines is 1. The van der Waals surface area contributed by atoms with Crippen molar-refractivity contribution in [2.75, 3.05) is 32.5 Å². The van der Waals surface area contributed by atoms with E-state index in [1.54, 1.807) is 0 Å². The number of rotatable bonds is 6. The highest BCUT2D eigenvalue weighted by Crippen LogP contribution is 2.30.